The summed E-state index contributed by atoms with van der Waals surface area (Å²) in [5.41, 5.74) is 2.72. The van der Waals surface area contributed by atoms with E-state index in [1.165, 1.54) is 0 Å². The number of H-pyrrole nitrogens is 1. The van der Waals surface area contributed by atoms with Crippen molar-refractivity contribution in [3.8, 4) is 11.1 Å². The number of nitrogens with one attached hydrogen (secondary N) is 1. The Morgan fingerprint density at radius 2 is 2.06 bits per heavy atom. The molecule has 0 aliphatic carbocycles. The van der Waals surface area contributed by atoms with Gasteiger partial charge < -0.3 is 5.11 Å². The predicted octanol–water partition coefficient (Wildman–Crippen LogP) is 2.75. The van der Waals surface area contributed by atoms with Gasteiger partial charge in [0.05, 0.1) is 12.6 Å². The van der Waals surface area contributed by atoms with Crippen LogP contribution in [0.15, 0.2) is 30.5 Å². The Hall–Kier alpha value is -1.81. The number of aryl methyl sites for hydroxylation is 1. The van der Waals surface area contributed by atoms with Gasteiger partial charge in [0.25, 0.3) is 0 Å². The number of hydrogen-bond donors (Lipinski definition) is 2. The van der Waals surface area contributed by atoms with Gasteiger partial charge >= 0.3 is 5.97 Å². The molecular weight excluding hydrogens is 240 g/mol. The fraction of sp³-hybridized carbons (Fsp3) is 0.167. The molecule has 2 N–H and O–H groups in total. The van der Waals surface area contributed by atoms with E-state index in [-0.39, 0.29) is 6.42 Å². The molecule has 17 heavy (non-hydrogen) atoms. The van der Waals surface area contributed by atoms with E-state index < -0.39 is 5.97 Å². The summed E-state index contributed by atoms with van der Waals surface area (Å²) in [6.45, 7) is 0. The van der Waals surface area contributed by atoms with Gasteiger partial charge in [-0.15, -0.1) is 0 Å². The Kier molecular flexibility index (Phi) is 3.44. The fourth-order valence-corrected chi connectivity index (χ4v) is 1.74. The summed E-state index contributed by atoms with van der Waals surface area (Å²) < 4.78 is 0. The third-order valence-corrected chi connectivity index (χ3v) is 2.71. The van der Waals surface area contributed by atoms with Crippen LogP contribution in [0.1, 0.15) is 12.1 Å². The van der Waals surface area contributed by atoms with Crippen molar-refractivity contribution in [3.05, 3.63) is 41.2 Å². The average molecular weight is 251 g/mol. The van der Waals surface area contributed by atoms with Crippen LogP contribution in [-0.2, 0) is 11.2 Å². The second kappa shape index (κ2) is 5.01. The minimum absolute atomic E-state index is 0.0861. The highest BCUT2D eigenvalue weighted by atomic mass is 35.5. The molecule has 88 valence electrons. The van der Waals surface area contributed by atoms with Gasteiger partial charge in [-0.1, -0.05) is 23.7 Å². The van der Waals surface area contributed by atoms with Gasteiger partial charge in [0.1, 0.15) is 0 Å². The van der Waals surface area contributed by atoms with Crippen molar-refractivity contribution >= 4 is 17.6 Å². The maximum Gasteiger partial charge on any atom is 0.303 e. The number of rotatable bonds is 4. The standard InChI is InChI=1S/C12H11ClN2O2/c13-9-3-1-8(2-4-9)10-7-14-15-11(10)5-6-12(16)17/h1-4,7H,5-6H2,(H,14,15)(H,16,17). The van der Waals surface area contributed by atoms with Crippen molar-refractivity contribution in [2.75, 3.05) is 0 Å². The highest BCUT2D eigenvalue weighted by molar-refractivity contribution is 6.30. The Morgan fingerprint density at radius 1 is 1.35 bits per heavy atom. The lowest BCUT2D eigenvalue weighted by molar-refractivity contribution is -0.136. The average Bonchev–Trinajstić information content (AvgIpc) is 2.75. The van der Waals surface area contributed by atoms with Crippen LogP contribution >= 0.6 is 11.6 Å². The minimum atomic E-state index is -0.818. The lowest BCUT2D eigenvalue weighted by Crippen LogP contribution is -1.98. The number of benzene rings is 1. The summed E-state index contributed by atoms with van der Waals surface area (Å²) in [6, 6.07) is 7.37. The van der Waals surface area contributed by atoms with Crippen LogP contribution < -0.4 is 0 Å². The molecule has 0 aliphatic rings. The molecule has 1 heterocycles. The first kappa shape index (κ1) is 11.7. The number of nitrogens with zero attached hydrogens (tertiary/aromatic N) is 1. The van der Waals surface area contributed by atoms with Gasteiger partial charge in [0.2, 0.25) is 0 Å². The summed E-state index contributed by atoms with van der Waals surface area (Å²) in [7, 11) is 0. The zero-order chi connectivity index (χ0) is 12.3. The van der Waals surface area contributed by atoms with Crippen LogP contribution in [0.25, 0.3) is 11.1 Å². The SMILES string of the molecule is O=C(O)CCc1[nH]ncc1-c1ccc(Cl)cc1. The Morgan fingerprint density at radius 3 is 2.71 bits per heavy atom. The van der Waals surface area contributed by atoms with Gasteiger partial charge in [0.15, 0.2) is 0 Å². The van der Waals surface area contributed by atoms with E-state index in [1.54, 1.807) is 18.3 Å². The molecule has 0 spiro atoms. The number of carboxylic acid groups (broad SMARTS) is 1. The zero-order valence-corrected chi connectivity index (χ0v) is 9.74. The van der Waals surface area contributed by atoms with Gasteiger partial charge in [-0.05, 0) is 17.7 Å². The molecule has 2 aromatic rings. The molecular formula is C12H11ClN2O2. The number of carboxylic acids is 1. The zero-order valence-electron chi connectivity index (χ0n) is 8.98. The highest BCUT2D eigenvalue weighted by Gasteiger charge is 2.09. The van der Waals surface area contributed by atoms with Crippen molar-refractivity contribution in [1.29, 1.82) is 0 Å². The summed E-state index contributed by atoms with van der Waals surface area (Å²) in [4.78, 5) is 10.5. The molecule has 4 nitrogen and oxygen atoms in total. The van der Waals surface area contributed by atoms with Crippen LogP contribution in [0, 0.1) is 0 Å². The predicted molar refractivity (Wildman–Crippen MR) is 65.0 cm³/mol. The van der Waals surface area contributed by atoms with Crippen LogP contribution in [0.5, 0.6) is 0 Å². The molecule has 0 fully saturated rings. The van der Waals surface area contributed by atoms with E-state index in [9.17, 15) is 4.79 Å². The van der Waals surface area contributed by atoms with Crippen LogP contribution in [0.4, 0.5) is 0 Å². The van der Waals surface area contributed by atoms with E-state index in [2.05, 4.69) is 10.2 Å². The first-order chi connectivity index (χ1) is 8.16. The lowest BCUT2D eigenvalue weighted by atomic mass is 10.0. The van der Waals surface area contributed by atoms with Gasteiger partial charge in [-0.2, -0.15) is 5.10 Å². The molecule has 0 radical (unpaired) electrons. The molecule has 0 bridgehead atoms. The number of aromatic amines is 1. The number of halogens is 1. The fourth-order valence-electron chi connectivity index (χ4n) is 1.61. The molecule has 0 saturated heterocycles. The quantitative estimate of drug-likeness (QED) is 0.877. The summed E-state index contributed by atoms with van der Waals surface area (Å²) in [6.07, 6.45) is 2.22. The molecule has 2 rings (SSSR count). The molecule has 0 unspecified atom stereocenters. The van der Waals surface area contributed by atoms with Crippen molar-refractivity contribution in [3.63, 3.8) is 0 Å². The minimum Gasteiger partial charge on any atom is -0.481 e. The van der Waals surface area contributed by atoms with Gasteiger partial charge in [-0.3, -0.25) is 9.89 Å². The van der Waals surface area contributed by atoms with Crippen LogP contribution in [0.2, 0.25) is 5.02 Å². The second-order valence-corrected chi connectivity index (χ2v) is 4.10. The topological polar surface area (TPSA) is 66.0 Å². The van der Waals surface area contributed by atoms with Crippen LogP contribution in [-0.4, -0.2) is 21.3 Å². The van der Waals surface area contributed by atoms with Crippen molar-refractivity contribution < 1.29 is 9.90 Å². The monoisotopic (exact) mass is 250 g/mol. The van der Waals surface area contributed by atoms with E-state index >= 15 is 0 Å². The third-order valence-electron chi connectivity index (χ3n) is 2.46. The molecule has 0 amide bonds. The van der Waals surface area contributed by atoms with E-state index in [1.807, 2.05) is 12.1 Å². The number of aliphatic carboxylic acids is 1. The van der Waals surface area contributed by atoms with E-state index in [4.69, 9.17) is 16.7 Å². The summed E-state index contributed by atoms with van der Waals surface area (Å²) in [5, 5.41) is 16.1. The Bertz CT molecular complexity index is 520. The Labute approximate surface area is 103 Å². The molecule has 1 aromatic carbocycles. The maximum absolute atomic E-state index is 10.5. The first-order valence-electron chi connectivity index (χ1n) is 5.17. The molecule has 1 aromatic heterocycles. The van der Waals surface area contributed by atoms with Crippen molar-refractivity contribution in [2.45, 2.75) is 12.8 Å². The van der Waals surface area contributed by atoms with E-state index in [0.717, 1.165) is 16.8 Å². The van der Waals surface area contributed by atoms with Gasteiger partial charge in [0, 0.05) is 22.7 Å². The van der Waals surface area contributed by atoms with E-state index in [0.29, 0.717) is 11.4 Å². The van der Waals surface area contributed by atoms with Crippen molar-refractivity contribution in [1.82, 2.24) is 10.2 Å². The van der Waals surface area contributed by atoms with Gasteiger partial charge in [-0.25, -0.2) is 0 Å². The number of aromatic nitrogens is 2. The third kappa shape index (κ3) is 2.85. The van der Waals surface area contributed by atoms with Crippen molar-refractivity contribution in [2.24, 2.45) is 0 Å². The lowest BCUT2D eigenvalue weighted by Gasteiger charge is -2.02. The largest absolute Gasteiger partial charge is 0.481 e. The summed E-state index contributed by atoms with van der Waals surface area (Å²) in [5.74, 6) is -0.818. The normalized spacial score (nSPS) is 10.4. The number of carbonyl (C=O) groups is 1. The smallest absolute Gasteiger partial charge is 0.303 e. The first-order valence-corrected chi connectivity index (χ1v) is 5.54. The molecule has 0 saturated carbocycles. The van der Waals surface area contributed by atoms with Crippen LogP contribution in [0.3, 0.4) is 0 Å². The molecule has 5 heteroatoms. The highest BCUT2D eigenvalue weighted by Crippen LogP contribution is 2.24. The Balaban J connectivity index is 2.24. The molecule has 0 atom stereocenters. The second-order valence-electron chi connectivity index (χ2n) is 3.66. The molecule has 0 aliphatic heterocycles. The number of hydrogen-bond acceptors (Lipinski definition) is 2. The summed E-state index contributed by atoms with van der Waals surface area (Å²) >= 11 is 5.81. The maximum atomic E-state index is 10.5.